The van der Waals surface area contributed by atoms with Crippen molar-refractivity contribution in [3.63, 3.8) is 0 Å². The van der Waals surface area contributed by atoms with E-state index in [1.165, 1.54) is 32.1 Å². The second kappa shape index (κ2) is 5.62. The van der Waals surface area contributed by atoms with Crippen LogP contribution in [0.5, 0.6) is 0 Å². The molecule has 1 aromatic heterocycles. The van der Waals surface area contributed by atoms with Crippen LogP contribution in [0.2, 0.25) is 0 Å². The Morgan fingerprint density at radius 3 is 2.69 bits per heavy atom. The van der Waals surface area contributed by atoms with Gasteiger partial charge in [0.05, 0.1) is 0 Å². The van der Waals surface area contributed by atoms with Gasteiger partial charge >= 0.3 is 0 Å². The van der Waals surface area contributed by atoms with E-state index in [9.17, 15) is 0 Å². The van der Waals surface area contributed by atoms with Crippen molar-refractivity contribution in [2.24, 2.45) is 0 Å². The Morgan fingerprint density at radius 2 is 2.06 bits per heavy atom. The maximum absolute atomic E-state index is 4.37. The Morgan fingerprint density at radius 1 is 1.31 bits per heavy atom. The van der Waals surface area contributed by atoms with Crippen molar-refractivity contribution in [1.82, 2.24) is 9.97 Å². The minimum atomic E-state index is 0.667. The molecule has 1 heterocycles. The van der Waals surface area contributed by atoms with Crippen molar-refractivity contribution in [3.05, 3.63) is 17.0 Å². The number of anilines is 1. The average Bonchev–Trinajstić information content (AvgIpc) is 2.31. The van der Waals surface area contributed by atoms with Crippen molar-refractivity contribution in [2.45, 2.75) is 45.1 Å². The molecule has 3 nitrogen and oxygen atoms in total. The summed E-state index contributed by atoms with van der Waals surface area (Å²) >= 11 is 3.41. The quantitative estimate of drug-likeness (QED) is 0.797. The molecule has 0 aromatic carbocycles. The largest absolute Gasteiger partial charge is 0.354 e. The molecule has 0 bridgehead atoms. The number of rotatable bonds is 3. The normalized spacial score (nSPS) is 17.4. The van der Waals surface area contributed by atoms with Crippen LogP contribution in [0.25, 0.3) is 0 Å². The summed E-state index contributed by atoms with van der Waals surface area (Å²) in [5, 5.41) is 0. The molecule has 0 amide bonds. The lowest BCUT2D eigenvalue weighted by Gasteiger charge is -2.34. The first-order valence-electron chi connectivity index (χ1n) is 6.05. The fraction of sp³-hybridized carbons (Fsp3) is 0.667. The first-order chi connectivity index (χ1) is 7.81. The molecular weight excluding hydrogens is 266 g/mol. The van der Waals surface area contributed by atoms with E-state index >= 15 is 0 Å². The third kappa shape index (κ3) is 2.73. The number of halogens is 1. The van der Waals surface area contributed by atoms with Crippen molar-refractivity contribution >= 4 is 21.7 Å². The Balaban J connectivity index is 2.14. The van der Waals surface area contributed by atoms with E-state index in [0.717, 1.165) is 17.0 Å². The molecule has 0 atom stereocenters. The van der Waals surface area contributed by atoms with Crippen LogP contribution in [0, 0.1) is 0 Å². The van der Waals surface area contributed by atoms with E-state index in [1.54, 1.807) is 6.33 Å². The van der Waals surface area contributed by atoms with Gasteiger partial charge < -0.3 is 4.90 Å². The second-order valence-corrected chi connectivity index (χ2v) is 5.09. The first kappa shape index (κ1) is 11.8. The third-order valence-electron chi connectivity index (χ3n) is 3.27. The highest BCUT2D eigenvalue weighted by molar-refractivity contribution is 9.10. The predicted molar refractivity (Wildman–Crippen MR) is 69.6 cm³/mol. The topological polar surface area (TPSA) is 29.0 Å². The van der Waals surface area contributed by atoms with Crippen LogP contribution in [0.3, 0.4) is 0 Å². The number of hydrogen-bond donors (Lipinski definition) is 0. The van der Waals surface area contributed by atoms with E-state index in [1.807, 2.05) is 6.07 Å². The minimum Gasteiger partial charge on any atom is -0.354 e. The summed E-state index contributed by atoms with van der Waals surface area (Å²) in [5.74, 6) is 1.05. The van der Waals surface area contributed by atoms with Crippen LogP contribution in [0.1, 0.15) is 39.0 Å². The molecule has 0 spiro atoms. The smallest absolute Gasteiger partial charge is 0.133 e. The monoisotopic (exact) mass is 283 g/mol. The summed E-state index contributed by atoms with van der Waals surface area (Å²) in [6.07, 6.45) is 8.33. The summed E-state index contributed by atoms with van der Waals surface area (Å²) in [5.41, 5.74) is 0. The Labute approximate surface area is 105 Å². The van der Waals surface area contributed by atoms with Gasteiger partial charge in [0.15, 0.2) is 0 Å². The summed E-state index contributed by atoms with van der Waals surface area (Å²) in [7, 11) is 0. The van der Waals surface area contributed by atoms with Crippen LogP contribution in [-0.4, -0.2) is 22.6 Å². The summed E-state index contributed by atoms with van der Waals surface area (Å²) in [6.45, 7) is 3.22. The van der Waals surface area contributed by atoms with E-state index in [0.29, 0.717) is 6.04 Å². The van der Waals surface area contributed by atoms with Gasteiger partial charge in [0, 0.05) is 18.7 Å². The summed E-state index contributed by atoms with van der Waals surface area (Å²) in [6, 6.07) is 2.68. The first-order valence-corrected chi connectivity index (χ1v) is 6.84. The molecule has 4 heteroatoms. The van der Waals surface area contributed by atoms with E-state index in [-0.39, 0.29) is 0 Å². The Bertz CT molecular complexity index is 337. The van der Waals surface area contributed by atoms with Crippen LogP contribution in [-0.2, 0) is 0 Å². The molecule has 16 heavy (non-hydrogen) atoms. The van der Waals surface area contributed by atoms with Crippen LogP contribution >= 0.6 is 15.9 Å². The van der Waals surface area contributed by atoms with Crippen LogP contribution in [0.4, 0.5) is 5.82 Å². The molecule has 2 rings (SSSR count). The van der Waals surface area contributed by atoms with Gasteiger partial charge in [0.1, 0.15) is 16.7 Å². The minimum absolute atomic E-state index is 0.667. The number of aromatic nitrogens is 2. The standard InChI is InChI=1S/C12H18BrN3/c1-2-16(10-6-4-3-5-7-10)12-8-11(13)14-9-15-12/h8-10H,2-7H2,1H3. The maximum Gasteiger partial charge on any atom is 0.133 e. The molecule has 0 unspecified atom stereocenters. The Hall–Kier alpha value is -0.640. The highest BCUT2D eigenvalue weighted by Crippen LogP contribution is 2.26. The van der Waals surface area contributed by atoms with Gasteiger partial charge in [-0.05, 0) is 35.7 Å². The van der Waals surface area contributed by atoms with E-state index in [4.69, 9.17) is 0 Å². The van der Waals surface area contributed by atoms with Crippen molar-refractivity contribution in [2.75, 3.05) is 11.4 Å². The van der Waals surface area contributed by atoms with Gasteiger partial charge in [-0.25, -0.2) is 9.97 Å². The molecule has 1 aliphatic rings. The van der Waals surface area contributed by atoms with Gasteiger partial charge in [-0.1, -0.05) is 19.3 Å². The maximum atomic E-state index is 4.37. The highest BCUT2D eigenvalue weighted by atomic mass is 79.9. The average molecular weight is 284 g/mol. The van der Waals surface area contributed by atoms with Crippen molar-refractivity contribution in [3.8, 4) is 0 Å². The number of nitrogens with zero attached hydrogens (tertiary/aromatic N) is 3. The molecule has 1 fully saturated rings. The fourth-order valence-electron chi connectivity index (χ4n) is 2.48. The molecule has 1 aromatic rings. The van der Waals surface area contributed by atoms with Crippen LogP contribution < -0.4 is 4.90 Å². The van der Waals surface area contributed by atoms with Gasteiger partial charge in [-0.2, -0.15) is 0 Å². The summed E-state index contributed by atoms with van der Waals surface area (Å²) < 4.78 is 0.867. The lowest BCUT2D eigenvalue weighted by atomic mass is 9.94. The molecule has 0 radical (unpaired) electrons. The molecule has 0 aliphatic heterocycles. The van der Waals surface area contributed by atoms with Crippen molar-refractivity contribution in [1.29, 1.82) is 0 Å². The second-order valence-electron chi connectivity index (χ2n) is 4.28. The fourth-order valence-corrected chi connectivity index (χ4v) is 2.78. The zero-order chi connectivity index (χ0) is 11.4. The van der Waals surface area contributed by atoms with Gasteiger partial charge in [-0.3, -0.25) is 0 Å². The lowest BCUT2D eigenvalue weighted by Crippen LogP contribution is -2.37. The molecule has 1 saturated carbocycles. The molecule has 88 valence electrons. The zero-order valence-corrected chi connectivity index (χ0v) is 11.3. The highest BCUT2D eigenvalue weighted by Gasteiger charge is 2.21. The van der Waals surface area contributed by atoms with Crippen LogP contribution in [0.15, 0.2) is 17.0 Å². The molecular formula is C12H18BrN3. The third-order valence-corrected chi connectivity index (χ3v) is 3.70. The molecule has 0 N–H and O–H groups in total. The van der Waals surface area contributed by atoms with Gasteiger partial charge in [-0.15, -0.1) is 0 Å². The molecule has 0 saturated heterocycles. The molecule has 1 aliphatic carbocycles. The SMILES string of the molecule is CCN(c1cc(Br)ncn1)C1CCCCC1. The van der Waals surface area contributed by atoms with E-state index < -0.39 is 0 Å². The lowest BCUT2D eigenvalue weighted by molar-refractivity contribution is 0.416. The van der Waals surface area contributed by atoms with E-state index in [2.05, 4.69) is 37.7 Å². The number of hydrogen-bond acceptors (Lipinski definition) is 3. The predicted octanol–water partition coefficient (Wildman–Crippen LogP) is 3.40. The van der Waals surface area contributed by atoms with Gasteiger partial charge in [0.25, 0.3) is 0 Å². The summed E-state index contributed by atoms with van der Waals surface area (Å²) in [4.78, 5) is 10.9. The van der Waals surface area contributed by atoms with Crippen molar-refractivity contribution < 1.29 is 0 Å². The zero-order valence-electron chi connectivity index (χ0n) is 9.69. The van der Waals surface area contributed by atoms with Gasteiger partial charge in [0.2, 0.25) is 0 Å². The Kier molecular flexibility index (Phi) is 4.16.